The average molecular weight is 256 g/mol. The lowest BCUT2D eigenvalue weighted by Crippen LogP contribution is -2.05. The van der Waals surface area contributed by atoms with Crippen molar-refractivity contribution in [3.8, 4) is 0 Å². The SMILES string of the molecule is O=C(c1ccccc1)c1cnc2c(c1Cl)C=CC2. The van der Waals surface area contributed by atoms with Crippen molar-refractivity contribution in [1.82, 2.24) is 4.98 Å². The first-order chi connectivity index (χ1) is 8.77. The number of carbonyl (C=O) groups excluding carboxylic acids is 1. The molecule has 0 fully saturated rings. The Kier molecular flexibility index (Phi) is 2.73. The molecule has 1 aliphatic rings. The second kappa shape index (κ2) is 4.39. The number of carbonyl (C=O) groups is 1. The molecule has 88 valence electrons. The summed E-state index contributed by atoms with van der Waals surface area (Å²) in [7, 11) is 0. The van der Waals surface area contributed by atoms with Crippen LogP contribution in [0.2, 0.25) is 5.02 Å². The summed E-state index contributed by atoms with van der Waals surface area (Å²) in [6.07, 6.45) is 6.28. The van der Waals surface area contributed by atoms with Crippen LogP contribution in [0, 0.1) is 0 Å². The van der Waals surface area contributed by atoms with Crippen LogP contribution in [0.15, 0.2) is 42.6 Å². The van der Waals surface area contributed by atoms with Crippen LogP contribution in [0.4, 0.5) is 0 Å². The van der Waals surface area contributed by atoms with Crippen LogP contribution in [0.3, 0.4) is 0 Å². The topological polar surface area (TPSA) is 30.0 Å². The van der Waals surface area contributed by atoms with Crippen molar-refractivity contribution in [2.45, 2.75) is 6.42 Å². The first-order valence-electron chi connectivity index (χ1n) is 5.71. The summed E-state index contributed by atoms with van der Waals surface area (Å²) in [6, 6.07) is 9.11. The van der Waals surface area contributed by atoms with Gasteiger partial charge in [0, 0.05) is 23.7 Å². The highest BCUT2D eigenvalue weighted by atomic mass is 35.5. The molecule has 0 atom stereocenters. The molecule has 1 aromatic carbocycles. The fraction of sp³-hybridized carbons (Fsp3) is 0.0667. The molecule has 0 spiro atoms. The molecule has 0 radical (unpaired) electrons. The second-order valence-electron chi connectivity index (χ2n) is 4.15. The number of rotatable bonds is 2. The number of allylic oxidation sites excluding steroid dienone is 1. The van der Waals surface area contributed by atoms with Gasteiger partial charge in [-0.05, 0) is 0 Å². The van der Waals surface area contributed by atoms with Gasteiger partial charge < -0.3 is 0 Å². The van der Waals surface area contributed by atoms with Gasteiger partial charge in [0.1, 0.15) is 0 Å². The summed E-state index contributed by atoms with van der Waals surface area (Å²) >= 11 is 6.29. The minimum atomic E-state index is -0.0869. The van der Waals surface area contributed by atoms with Gasteiger partial charge >= 0.3 is 0 Å². The van der Waals surface area contributed by atoms with Gasteiger partial charge in [-0.2, -0.15) is 0 Å². The molecule has 18 heavy (non-hydrogen) atoms. The predicted molar refractivity (Wildman–Crippen MR) is 71.9 cm³/mol. The first kappa shape index (κ1) is 11.2. The largest absolute Gasteiger partial charge is 0.288 e. The molecule has 0 N–H and O–H groups in total. The van der Waals surface area contributed by atoms with Crippen LogP contribution in [0.25, 0.3) is 6.08 Å². The van der Waals surface area contributed by atoms with Crippen LogP contribution in [0.1, 0.15) is 27.2 Å². The maximum Gasteiger partial charge on any atom is 0.196 e. The van der Waals surface area contributed by atoms with Crippen LogP contribution in [-0.2, 0) is 6.42 Å². The van der Waals surface area contributed by atoms with Gasteiger partial charge in [-0.25, -0.2) is 0 Å². The van der Waals surface area contributed by atoms with Crippen LogP contribution < -0.4 is 0 Å². The number of benzene rings is 1. The normalized spacial score (nSPS) is 12.5. The lowest BCUT2D eigenvalue weighted by Gasteiger charge is -2.07. The molecule has 0 saturated carbocycles. The van der Waals surface area contributed by atoms with Gasteiger partial charge in [-0.3, -0.25) is 9.78 Å². The van der Waals surface area contributed by atoms with Crippen molar-refractivity contribution >= 4 is 23.5 Å². The Morgan fingerprint density at radius 2 is 2.00 bits per heavy atom. The van der Waals surface area contributed by atoms with E-state index >= 15 is 0 Å². The number of ketones is 1. The van der Waals surface area contributed by atoms with E-state index in [1.54, 1.807) is 18.3 Å². The third-order valence-corrected chi connectivity index (χ3v) is 3.42. The van der Waals surface area contributed by atoms with E-state index in [1.807, 2.05) is 30.4 Å². The summed E-state index contributed by atoms with van der Waals surface area (Å²) in [5.41, 5.74) is 2.90. The average Bonchev–Trinajstić information content (AvgIpc) is 2.89. The molecular formula is C15H10ClNO. The monoisotopic (exact) mass is 255 g/mol. The number of fused-ring (bicyclic) bond motifs is 1. The number of nitrogens with zero attached hydrogens (tertiary/aromatic N) is 1. The van der Waals surface area contributed by atoms with Crippen molar-refractivity contribution in [3.63, 3.8) is 0 Å². The van der Waals surface area contributed by atoms with E-state index in [9.17, 15) is 4.79 Å². The minimum Gasteiger partial charge on any atom is -0.288 e. The smallest absolute Gasteiger partial charge is 0.196 e. The van der Waals surface area contributed by atoms with Crippen molar-refractivity contribution in [2.75, 3.05) is 0 Å². The van der Waals surface area contributed by atoms with Gasteiger partial charge in [0.2, 0.25) is 0 Å². The van der Waals surface area contributed by atoms with Gasteiger partial charge in [-0.1, -0.05) is 54.1 Å². The van der Waals surface area contributed by atoms with Gasteiger partial charge in [0.05, 0.1) is 16.3 Å². The molecule has 2 nitrogen and oxygen atoms in total. The fourth-order valence-corrected chi connectivity index (χ4v) is 2.37. The summed E-state index contributed by atoms with van der Waals surface area (Å²) in [6.45, 7) is 0. The van der Waals surface area contributed by atoms with E-state index in [-0.39, 0.29) is 5.78 Å². The lowest BCUT2D eigenvalue weighted by atomic mass is 10.0. The molecule has 1 aliphatic carbocycles. The molecule has 1 heterocycles. The van der Waals surface area contributed by atoms with Crippen molar-refractivity contribution in [1.29, 1.82) is 0 Å². The highest BCUT2D eigenvalue weighted by Gasteiger charge is 2.19. The molecular weight excluding hydrogens is 246 g/mol. The fourth-order valence-electron chi connectivity index (χ4n) is 2.06. The van der Waals surface area contributed by atoms with Crippen LogP contribution in [0.5, 0.6) is 0 Å². The number of halogens is 1. The van der Waals surface area contributed by atoms with Gasteiger partial charge in [0.25, 0.3) is 0 Å². The van der Waals surface area contributed by atoms with Crippen molar-refractivity contribution in [2.24, 2.45) is 0 Å². The van der Waals surface area contributed by atoms with E-state index in [4.69, 9.17) is 11.6 Å². The Labute approximate surface area is 110 Å². The number of hydrogen-bond donors (Lipinski definition) is 0. The van der Waals surface area contributed by atoms with Crippen molar-refractivity contribution < 1.29 is 4.79 Å². The third-order valence-electron chi connectivity index (χ3n) is 3.01. The Balaban J connectivity index is 2.09. The maximum atomic E-state index is 12.3. The van der Waals surface area contributed by atoms with Crippen LogP contribution >= 0.6 is 11.6 Å². The summed E-state index contributed by atoms with van der Waals surface area (Å²) in [5.74, 6) is -0.0869. The van der Waals surface area contributed by atoms with E-state index in [2.05, 4.69) is 4.98 Å². The van der Waals surface area contributed by atoms with Gasteiger partial charge in [-0.15, -0.1) is 0 Å². The molecule has 2 aromatic rings. The Morgan fingerprint density at radius 3 is 2.78 bits per heavy atom. The number of pyridine rings is 1. The molecule has 0 saturated heterocycles. The zero-order valence-electron chi connectivity index (χ0n) is 9.56. The third kappa shape index (κ3) is 1.75. The van der Waals surface area contributed by atoms with Crippen LogP contribution in [-0.4, -0.2) is 10.8 Å². The Hall–Kier alpha value is -1.93. The molecule has 3 rings (SSSR count). The number of aromatic nitrogens is 1. The zero-order valence-corrected chi connectivity index (χ0v) is 10.3. The predicted octanol–water partition coefficient (Wildman–Crippen LogP) is 3.54. The lowest BCUT2D eigenvalue weighted by molar-refractivity contribution is 0.103. The zero-order chi connectivity index (χ0) is 12.5. The number of hydrogen-bond acceptors (Lipinski definition) is 2. The molecule has 0 unspecified atom stereocenters. The highest BCUT2D eigenvalue weighted by molar-refractivity contribution is 6.36. The summed E-state index contributed by atoms with van der Waals surface area (Å²) in [4.78, 5) is 16.6. The van der Waals surface area contributed by atoms with E-state index in [1.165, 1.54) is 0 Å². The second-order valence-corrected chi connectivity index (χ2v) is 4.53. The molecule has 0 bridgehead atoms. The van der Waals surface area contributed by atoms with Crippen molar-refractivity contribution in [3.05, 3.63) is 70.0 Å². The van der Waals surface area contributed by atoms with E-state index in [0.717, 1.165) is 17.7 Å². The summed E-state index contributed by atoms with van der Waals surface area (Å²) in [5, 5.41) is 0.502. The Morgan fingerprint density at radius 1 is 1.22 bits per heavy atom. The molecule has 0 aliphatic heterocycles. The molecule has 1 aromatic heterocycles. The maximum absolute atomic E-state index is 12.3. The van der Waals surface area contributed by atoms with Gasteiger partial charge in [0.15, 0.2) is 5.78 Å². The molecule has 0 amide bonds. The summed E-state index contributed by atoms with van der Waals surface area (Å²) < 4.78 is 0. The van der Waals surface area contributed by atoms with E-state index in [0.29, 0.717) is 16.1 Å². The van der Waals surface area contributed by atoms with E-state index < -0.39 is 0 Å². The quantitative estimate of drug-likeness (QED) is 0.769. The first-order valence-corrected chi connectivity index (χ1v) is 6.09. The standard InChI is InChI=1S/C15H10ClNO/c16-14-11-7-4-8-13(11)17-9-12(14)15(18)10-5-2-1-3-6-10/h1-7,9H,8H2. The Bertz CT molecular complexity index is 647. The highest BCUT2D eigenvalue weighted by Crippen LogP contribution is 2.29. The molecule has 3 heteroatoms. The minimum absolute atomic E-state index is 0.0869.